The van der Waals surface area contributed by atoms with Crippen LogP contribution in [0.3, 0.4) is 0 Å². The normalized spacial score (nSPS) is 14.9. The van der Waals surface area contributed by atoms with Gasteiger partial charge in [0, 0.05) is 30.6 Å². The van der Waals surface area contributed by atoms with Gasteiger partial charge in [0.2, 0.25) is 0 Å². The van der Waals surface area contributed by atoms with Crippen LogP contribution in [0.2, 0.25) is 0 Å². The Hall–Kier alpha value is -2.82. The predicted octanol–water partition coefficient (Wildman–Crippen LogP) is 5.48. The van der Waals surface area contributed by atoms with E-state index in [1.165, 1.54) is 11.3 Å². The van der Waals surface area contributed by atoms with Crippen molar-refractivity contribution in [2.75, 3.05) is 25.7 Å². The average Bonchev–Trinajstić information content (AvgIpc) is 3.09. The van der Waals surface area contributed by atoms with Crippen LogP contribution in [0.4, 0.5) is 11.4 Å². The highest BCUT2D eigenvalue weighted by Gasteiger charge is 2.24. The minimum Gasteiger partial charge on any atom is -0.493 e. The molecule has 0 spiro atoms. The van der Waals surface area contributed by atoms with Crippen molar-refractivity contribution in [2.24, 2.45) is 4.99 Å². The van der Waals surface area contributed by atoms with E-state index in [0.717, 1.165) is 25.5 Å². The molecule has 0 radical (unpaired) electrons. The van der Waals surface area contributed by atoms with E-state index < -0.39 is 0 Å². The SMILES string of the molecule is CC.CCCCOc1cc(N=CC2Cc3ccccc3N2C)c(C=O)cc1OC. The molecule has 2 aromatic rings. The summed E-state index contributed by atoms with van der Waals surface area (Å²) < 4.78 is 11.2. The maximum Gasteiger partial charge on any atom is 0.163 e. The number of carbonyl (C=O) groups excluding carboxylic acids is 1. The van der Waals surface area contributed by atoms with Gasteiger partial charge in [0.25, 0.3) is 0 Å². The van der Waals surface area contributed by atoms with E-state index in [0.29, 0.717) is 29.4 Å². The lowest BCUT2D eigenvalue weighted by molar-refractivity contribution is 0.112. The first-order chi connectivity index (χ1) is 14.2. The van der Waals surface area contributed by atoms with Crippen molar-refractivity contribution >= 4 is 23.9 Å². The van der Waals surface area contributed by atoms with Crippen molar-refractivity contribution in [1.82, 2.24) is 0 Å². The minimum absolute atomic E-state index is 0.161. The van der Waals surface area contributed by atoms with Crippen LogP contribution in [-0.4, -0.2) is 39.3 Å². The summed E-state index contributed by atoms with van der Waals surface area (Å²) in [7, 11) is 3.64. The van der Waals surface area contributed by atoms with E-state index in [9.17, 15) is 4.79 Å². The van der Waals surface area contributed by atoms with Crippen LogP contribution in [0.25, 0.3) is 0 Å². The molecule has 5 nitrogen and oxygen atoms in total. The van der Waals surface area contributed by atoms with Gasteiger partial charge in [-0.3, -0.25) is 9.79 Å². The zero-order valence-electron chi connectivity index (χ0n) is 18.1. The van der Waals surface area contributed by atoms with Gasteiger partial charge in [-0.15, -0.1) is 0 Å². The first kappa shape index (κ1) is 22.5. The largest absolute Gasteiger partial charge is 0.493 e. The number of aldehydes is 1. The summed E-state index contributed by atoms with van der Waals surface area (Å²) in [6.45, 7) is 6.72. The van der Waals surface area contributed by atoms with E-state index in [-0.39, 0.29) is 6.04 Å². The van der Waals surface area contributed by atoms with E-state index >= 15 is 0 Å². The topological polar surface area (TPSA) is 51.1 Å². The fraction of sp³-hybridized carbons (Fsp3) is 0.417. The summed E-state index contributed by atoms with van der Waals surface area (Å²) in [5.74, 6) is 1.17. The Bertz CT molecular complexity index is 833. The van der Waals surface area contributed by atoms with Crippen molar-refractivity contribution in [3.63, 3.8) is 0 Å². The number of fused-ring (bicyclic) bond motifs is 1. The van der Waals surface area contributed by atoms with Gasteiger partial charge in [-0.1, -0.05) is 45.4 Å². The van der Waals surface area contributed by atoms with Gasteiger partial charge in [-0.05, 0) is 30.5 Å². The second-order valence-corrected chi connectivity index (χ2v) is 6.67. The summed E-state index contributed by atoms with van der Waals surface area (Å²) in [4.78, 5) is 18.4. The summed E-state index contributed by atoms with van der Waals surface area (Å²) in [6, 6.07) is 12.0. The molecule has 0 amide bonds. The number of para-hydroxylation sites is 1. The monoisotopic (exact) mass is 396 g/mol. The number of hydrogen-bond acceptors (Lipinski definition) is 5. The smallest absolute Gasteiger partial charge is 0.163 e. The molecule has 0 aliphatic carbocycles. The summed E-state index contributed by atoms with van der Waals surface area (Å²) in [5, 5.41) is 0. The summed E-state index contributed by atoms with van der Waals surface area (Å²) in [6.07, 6.45) is 5.63. The third kappa shape index (κ3) is 5.37. The molecule has 5 heteroatoms. The molecule has 0 bridgehead atoms. The van der Waals surface area contributed by atoms with Gasteiger partial charge >= 0.3 is 0 Å². The number of carbonyl (C=O) groups is 1. The van der Waals surface area contributed by atoms with E-state index in [2.05, 4.69) is 42.1 Å². The number of benzene rings is 2. The van der Waals surface area contributed by atoms with Crippen LogP contribution in [0.5, 0.6) is 11.5 Å². The zero-order chi connectivity index (χ0) is 21.2. The summed E-state index contributed by atoms with van der Waals surface area (Å²) >= 11 is 0. The number of likely N-dealkylation sites (N-methyl/N-ethyl adjacent to an activating group) is 1. The Labute approximate surface area is 174 Å². The van der Waals surface area contributed by atoms with Crippen molar-refractivity contribution < 1.29 is 14.3 Å². The van der Waals surface area contributed by atoms with Crippen LogP contribution < -0.4 is 14.4 Å². The lowest BCUT2D eigenvalue weighted by Crippen LogP contribution is -2.28. The average molecular weight is 397 g/mol. The highest BCUT2D eigenvalue weighted by Crippen LogP contribution is 2.35. The highest BCUT2D eigenvalue weighted by molar-refractivity contribution is 5.88. The van der Waals surface area contributed by atoms with E-state index in [1.807, 2.05) is 26.1 Å². The molecular formula is C24H32N2O3. The molecule has 2 aromatic carbocycles. The minimum atomic E-state index is 0.161. The molecule has 0 aromatic heterocycles. The van der Waals surface area contributed by atoms with Gasteiger partial charge in [0.15, 0.2) is 17.8 Å². The lowest BCUT2D eigenvalue weighted by atomic mass is 10.1. The highest BCUT2D eigenvalue weighted by atomic mass is 16.5. The maximum absolute atomic E-state index is 11.5. The number of rotatable bonds is 8. The Kier molecular flexibility index (Phi) is 8.71. The summed E-state index contributed by atoms with van der Waals surface area (Å²) in [5.41, 5.74) is 3.62. The molecular weight excluding hydrogens is 364 g/mol. The first-order valence-corrected chi connectivity index (χ1v) is 10.3. The van der Waals surface area contributed by atoms with Crippen LogP contribution >= 0.6 is 0 Å². The number of nitrogens with zero attached hydrogens (tertiary/aromatic N) is 2. The third-order valence-corrected chi connectivity index (χ3v) is 4.88. The molecule has 1 aliphatic heterocycles. The van der Waals surface area contributed by atoms with Crippen LogP contribution in [0, 0.1) is 0 Å². The standard InChI is InChI=1S/C22H26N2O3.C2H6/c1-4-5-10-27-22-13-19(17(15-25)12-21(22)26-3)23-14-18-11-16-8-6-7-9-20(16)24(18)2;1-2/h6-9,12-15,18H,4-5,10-11H2,1-3H3;1-2H3. The third-order valence-electron chi connectivity index (χ3n) is 4.88. The number of unbranched alkanes of at least 4 members (excludes halogenated alkanes) is 1. The molecule has 3 rings (SSSR count). The van der Waals surface area contributed by atoms with Crippen molar-refractivity contribution in [1.29, 1.82) is 0 Å². The maximum atomic E-state index is 11.5. The number of ether oxygens (including phenoxy) is 2. The lowest BCUT2D eigenvalue weighted by Gasteiger charge is -2.19. The van der Waals surface area contributed by atoms with Crippen molar-refractivity contribution in [3.8, 4) is 11.5 Å². The number of methoxy groups -OCH3 is 1. The molecule has 156 valence electrons. The van der Waals surface area contributed by atoms with Crippen molar-refractivity contribution in [2.45, 2.75) is 46.1 Å². The fourth-order valence-electron chi connectivity index (χ4n) is 3.26. The number of hydrogen-bond donors (Lipinski definition) is 0. The molecule has 29 heavy (non-hydrogen) atoms. The predicted molar refractivity (Wildman–Crippen MR) is 121 cm³/mol. The second kappa shape index (κ2) is 11.2. The molecule has 0 saturated carbocycles. The Morgan fingerprint density at radius 2 is 1.97 bits per heavy atom. The fourth-order valence-corrected chi connectivity index (χ4v) is 3.26. The Balaban J connectivity index is 0.00000145. The van der Waals surface area contributed by atoms with Crippen LogP contribution in [-0.2, 0) is 6.42 Å². The second-order valence-electron chi connectivity index (χ2n) is 6.67. The van der Waals surface area contributed by atoms with Gasteiger partial charge < -0.3 is 14.4 Å². The van der Waals surface area contributed by atoms with Gasteiger partial charge in [0.05, 0.1) is 25.4 Å². The number of aliphatic imine (C=N–C) groups is 1. The first-order valence-electron chi connectivity index (χ1n) is 10.3. The molecule has 0 N–H and O–H groups in total. The molecule has 1 atom stereocenters. The molecule has 0 saturated heterocycles. The Morgan fingerprint density at radius 3 is 2.62 bits per heavy atom. The van der Waals surface area contributed by atoms with Crippen LogP contribution in [0.15, 0.2) is 41.4 Å². The molecule has 1 unspecified atom stereocenters. The van der Waals surface area contributed by atoms with E-state index in [1.54, 1.807) is 19.2 Å². The zero-order valence-corrected chi connectivity index (χ0v) is 18.1. The van der Waals surface area contributed by atoms with Crippen LogP contribution in [0.1, 0.15) is 49.5 Å². The van der Waals surface area contributed by atoms with Crippen molar-refractivity contribution in [3.05, 3.63) is 47.5 Å². The Morgan fingerprint density at radius 1 is 1.21 bits per heavy atom. The molecule has 1 aliphatic rings. The van der Waals surface area contributed by atoms with E-state index in [4.69, 9.17) is 9.47 Å². The molecule has 1 heterocycles. The van der Waals surface area contributed by atoms with Gasteiger partial charge in [-0.2, -0.15) is 0 Å². The quantitative estimate of drug-likeness (QED) is 0.337. The van der Waals surface area contributed by atoms with Gasteiger partial charge in [-0.25, -0.2) is 0 Å². The number of anilines is 1. The van der Waals surface area contributed by atoms with Gasteiger partial charge in [0.1, 0.15) is 0 Å². The molecule has 0 fully saturated rings.